The predicted molar refractivity (Wildman–Crippen MR) is 345 cm³/mol. The number of aromatic nitrogens is 7. The van der Waals surface area contributed by atoms with Crippen molar-refractivity contribution in [3.05, 3.63) is 159 Å². The Bertz CT molecular complexity index is 3760. The summed E-state index contributed by atoms with van der Waals surface area (Å²) in [5.41, 5.74) is 9.60. The number of hydrogen-bond donors (Lipinski definition) is 1. The number of aryl methyl sites for hydroxylation is 3. The number of alkyl halides is 1. The molecular weight excluding hydrogens is 1330 g/mol. The molecule has 0 saturated carbocycles. The Labute approximate surface area is 638 Å². The van der Waals surface area contributed by atoms with Gasteiger partial charge in [-0.25, -0.2) is 13.2 Å². The number of anilines is 4. The molecule has 0 bridgehead atoms. The van der Waals surface area contributed by atoms with Gasteiger partial charge in [0.1, 0.15) is 36.4 Å². The first-order valence-corrected chi connectivity index (χ1v) is 30.3. The van der Waals surface area contributed by atoms with Gasteiger partial charge in [-0.1, -0.05) is 34.8 Å². The molecular formula is C62H70Cl4F3K2N15O6. The number of hydrazone groups is 1. The Balaban J connectivity index is 0.000000268. The molecule has 21 nitrogen and oxygen atoms in total. The zero-order valence-electron chi connectivity index (χ0n) is 53.6. The van der Waals surface area contributed by atoms with E-state index in [1.165, 1.54) is 18.2 Å². The van der Waals surface area contributed by atoms with Crippen LogP contribution in [0.4, 0.5) is 35.9 Å². The molecule has 3 aliphatic heterocycles. The summed E-state index contributed by atoms with van der Waals surface area (Å²) in [5.74, 6) is -1.09. The van der Waals surface area contributed by atoms with Crippen molar-refractivity contribution in [2.75, 3.05) is 84.9 Å². The minimum atomic E-state index is -0.334. The Kier molecular flexibility index (Phi) is 32.0. The average Bonchev–Trinajstić information content (AvgIpc) is 1.86. The normalized spacial score (nSPS) is 16.1. The molecule has 3 aromatic carbocycles. The first-order valence-electron chi connectivity index (χ1n) is 28.6. The number of amides is 3. The van der Waals surface area contributed by atoms with E-state index in [1.807, 2.05) is 103 Å². The van der Waals surface area contributed by atoms with Crippen LogP contribution >= 0.6 is 46.4 Å². The number of rotatable bonds is 11. The SMILES string of the molecule is C/C=N\Nc1ccncc1.Cc1cc(N2CCN(C(=O)CCl)[C@@H](C)C2)c(F)cc1Cl.Cc1cc(N2CCN(C(=O)Cn3cc4cnccc4n3)[C@@H](C)C2)c(F)cc1Cl.Cc1cc(N2CCN(C(=O)Cn3ncc4cnccc43)[C@@H](C)C2)c(F)cc1Cl.O=CO[O-].[H-].[K+].[K+]. The van der Waals surface area contributed by atoms with Gasteiger partial charge in [0, 0.05) is 152 Å². The van der Waals surface area contributed by atoms with Crippen LogP contribution < -0.4 is 128 Å². The van der Waals surface area contributed by atoms with Crippen molar-refractivity contribution in [1.29, 1.82) is 0 Å². The maximum atomic E-state index is 14.4. The summed E-state index contributed by atoms with van der Waals surface area (Å²) >= 11 is 23.5. The van der Waals surface area contributed by atoms with Gasteiger partial charge in [0.25, 0.3) is 6.47 Å². The van der Waals surface area contributed by atoms with Gasteiger partial charge >= 0.3 is 103 Å². The number of pyridine rings is 3. The third kappa shape index (κ3) is 21.2. The molecule has 3 fully saturated rings. The van der Waals surface area contributed by atoms with E-state index in [2.05, 4.69) is 40.6 Å². The van der Waals surface area contributed by atoms with E-state index >= 15 is 0 Å². The first kappa shape index (κ1) is 77.7. The Morgan fingerprint density at radius 1 is 0.641 bits per heavy atom. The van der Waals surface area contributed by atoms with Crippen molar-refractivity contribution in [3.63, 3.8) is 0 Å². The molecule has 8 heterocycles. The zero-order valence-corrected chi connectivity index (χ0v) is 61.9. The van der Waals surface area contributed by atoms with Crippen LogP contribution in [0.5, 0.6) is 0 Å². The second-order valence-corrected chi connectivity index (χ2v) is 22.9. The molecule has 0 spiro atoms. The van der Waals surface area contributed by atoms with E-state index in [4.69, 9.17) is 56.5 Å². The molecule has 0 radical (unpaired) electrons. The summed E-state index contributed by atoms with van der Waals surface area (Å²) in [6.07, 6.45) is 15.5. The third-order valence-electron chi connectivity index (χ3n) is 15.1. The molecule has 1 N–H and O–H groups in total. The minimum Gasteiger partial charge on any atom is -1.00 e. The van der Waals surface area contributed by atoms with Gasteiger partial charge in [-0.05, 0) is 126 Å². The average molecular weight is 1400 g/mol. The molecule has 92 heavy (non-hydrogen) atoms. The van der Waals surface area contributed by atoms with Crippen LogP contribution in [0.2, 0.25) is 15.1 Å². The van der Waals surface area contributed by atoms with E-state index in [1.54, 1.807) is 82.1 Å². The number of benzene rings is 3. The zero-order chi connectivity index (χ0) is 65.2. The molecule has 3 saturated heterocycles. The minimum absolute atomic E-state index is 0. The molecule has 480 valence electrons. The second kappa shape index (κ2) is 37.9. The number of halogens is 7. The molecule has 0 unspecified atom stereocenters. The van der Waals surface area contributed by atoms with Gasteiger partial charge in [0.15, 0.2) is 0 Å². The van der Waals surface area contributed by atoms with Crippen LogP contribution in [-0.4, -0.2) is 163 Å². The maximum Gasteiger partial charge on any atom is 1.00 e. The number of carbonyl (C=O) groups excluding carboxylic acids is 4. The van der Waals surface area contributed by atoms with Crippen molar-refractivity contribution < 1.29 is 147 Å². The van der Waals surface area contributed by atoms with Crippen LogP contribution in [0.25, 0.3) is 21.8 Å². The number of nitrogens with zero attached hydrogens (tertiary/aromatic N) is 14. The fourth-order valence-electron chi connectivity index (χ4n) is 10.4. The van der Waals surface area contributed by atoms with Gasteiger partial charge in [-0.15, -0.1) is 11.6 Å². The molecule has 30 heteroatoms. The van der Waals surface area contributed by atoms with Crippen LogP contribution in [0.1, 0.15) is 45.8 Å². The Morgan fingerprint density at radius 2 is 1.07 bits per heavy atom. The van der Waals surface area contributed by atoms with E-state index in [9.17, 15) is 27.6 Å². The van der Waals surface area contributed by atoms with E-state index in [0.717, 1.165) is 44.2 Å². The van der Waals surface area contributed by atoms with Crippen LogP contribution in [0, 0.1) is 38.2 Å². The van der Waals surface area contributed by atoms with Crippen LogP contribution in [0.3, 0.4) is 0 Å². The van der Waals surface area contributed by atoms with E-state index in [-0.39, 0.29) is 183 Å². The van der Waals surface area contributed by atoms with Crippen LogP contribution in [-0.2, 0) is 37.2 Å². The summed E-state index contributed by atoms with van der Waals surface area (Å²) in [6, 6.07) is 16.6. The number of hydrogen-bond acceptors (Lipinski definition) is 16. The quantitative estimate of drug-likeness (QED) is 0.0488. The predicted octanol–water partition coefficient (Wildman–Crippen LogP) is 3.66. The molecule has 8 aromatic rings. The van der Waals surface area contributed by atoms with Gasteiger partial charge < -0.3 is 41.0 Å². The number of nitrogens with one attached hydrogen (secondary N) is 1. The van der Waals surface area contributed by atoms with Crippen molar-refractivity contribution in [1.82, 2.24) is 49.2 Å². The van der Waals surface area contributed by atoms with Crippen LogP contribution in [0.15, 0.2) is 115 Å². The van der Waals surface area contributed by atoms with E-state index < -0.39 is 0 Å². The standard InChI is InChI=1S/2C20H21ClFN5O.C14H17Cl2FN2O.C7H9N3.CH2O3.2K.H/c1-13-7-19(17(22)8-16(13)21)25-5-6-26(14(2)11-25)20(28)12-27-18-3-4-23-9-15(18)10-24-27;1-13-7-19(17(22)8-16(13)21)25-5-6-27(14(2)10-25)20(28)12-26-11-15-9-23-4-3-18(15)24-26;1-9-5-13(12(17)6-11(9)16)18-3-4-19(10(2)8-18)14(20)7-15;1-2-9-10-7-3-5-8-6-4-7;2-1-4-3;;;/h3-4,7-10,14H,5-6,11-12H2,1-2H3;3-4,7-9,11,14H,5-6,10,12H2,1-2H3;5-6,10H,3-4,7-8H2,1-2H3;2-6H,1H3,(H,8,10);1,3H;;;/q;;;;;2*+1;-1/p-1/b;;;9-2-;;;;/t2*14-;10-;;;;;/m000...../s1. The van der Waals surface area contributed by atoms with E-state index in [0.29, 0.717) is 91.0 Å². The van der Waals surface area contributed by atoms with Crippen molar-refractivity contribution >= 4 is 121 Å². The third-order valence-corrected chi connectivity index (χ3v) is 16.5. The van der Waals surface area contributed by atoms with Gasteiger partial charge in [-0.2, -0.15) is 15.3 Å². The fourth-order valence-corrected chi connectivity index (χ4v) is 11.0. The number of carbonyl (C=O) groups is 4. The molecule has 3 amide bonds. The first-order chi connectivity index (χ1) is 43.1. The molecule has 11 rings (SSSR count). The summed E-state index contributed by atoms with van der Waals surface area (Å²) in [6.45, 7) is 18.5. The summed E-state index contributed by atoms with van der Waals surface area (Å²) < 4.78 is 46.1. The molecule has 0 aliphatic carbocycles. The molecule has 5 aromatic heterocycles. The van der Waals surface area contributed by atoms with Gasteiger partial charge in [-0.3, -0.25) is 48.9 Å². The topological polar surface area (TPSA) is 219 Å². The van der Waals surface area contributed by atoms with Gasteiger partial charge in [0.2, 0.25) is 17.7 Å². The maximum absolute atomic E-state index is 14.4. The van der Waals surface area contributed by atoms with Gasteiger partial charge in [0.05, 0.1) is 40.0 Å². The number of fused-ring (bicyclic) bond motifs is 2. The molecule has 3 atom stereocenters. The summed E-state index contributed by atoms with van der Waals surface area (Å²) in [7, 11) is 0. The van der Waals surface area contributed by atoms with Crippen molar-refractivity contribution in [2.24, 2.45) is 5.10 Å². The van der Waals surface area contributed by atoms with Crippen molar-refractivity contribution in [3.8, 4) is 0 Å². The Hall–Kier alpha value is -5.02. The smallest absolute Gasteiger partial charge is 1.00 e. The largest absolute Gasteiger partial charge is 1.00 e. The Morgan fingerprint density at radius 3 is 1.49 bits per heavy atom. The number of piperazine rings is 3. The van der Waals surface area contributed by atoms with Crippen molar-refractivity contribution in [2.45, 2.75) is 79.7 Å². The second-order valence-electron chi connectivity index (χ2n) is 21.4. The fraction of sp³-hybridized carbons (Fsp3) is 0.355. The summed E-state index contributed by atoms with van der Waals surface area (Å²) in [4.78, 5) is 71.9. The monoisotopic (exact) mass is 1400 g/mol. The molecule has 3 aliphatic rings. The summed E-state index contributed by atoms with van der Waals surface area (Å²) in [5, 5.41) is 24.1.